The molecule has 3 aromatic carbocycles. The van der Waals surface area contributed by atoms with Crippen LogP contribution in [0.5, 0.6) is 17.2 Å². The Morgan fingerprint density at radius 3 is 2.50 bits per heavy atom. The summed E-state index contributed by atoms with van der Waals surface area (Å²) in [7, 11) is 0. The van der Waals surface area contributed by atoms with Crippen LogP contribution >= 0.6 is 0 Å². The van der Waals surface area contributed by atoms with Gasteiger partial charge in [-0.1, -0.05) is 43.3 Å². The first-order valence-electron chi connectivity index (χ1n) is 10.8. The summed E-state index contributed by atoms with van der Waals surface area (Å²) in [5.74, 6) is -0.881. The zero-order valence-corrected chi connectivity index (χ0v) is 18.7. The van der Waals surface area contributed by atoms with Crippen LogP contribution in [0.3, 0.4) is 0 Å². The number of fused-ring (bicyclic) bond motifs is 1. The molecule has 0 aromatic heterocycles. The molecule has 0 amide bonds. The lowest BCUT2D eigenvalue weighted by molar-refractivity contribution is -0.141. The number of benzene rings is 3. The molecule has 0 fully saturated rings. The fourth-order valence-electron chi connectivity index (χ4n) is 3.78. The maximum Gasteiger partial charge on any atom is 0.352 e. The fourth-order valence-corrected chi connectivity index (χ4v) is 3.78. The molecule has 7 heteroatoms. The number of ether oxygens (including phenoxy) is 3. The molecular weight excluding hydrogens is 435 g/mol. The Balaban J connectivity index is 1.55. The third kappa shape index (κ3) is 4.57. The number of aryl methyl sites for hydroxylation is 1. The van der Waals surface area contributed by atoms with E-state index in [-0.39, 0.29) is 23.0 Å². The quantitative estimate of drug-likeness (QED) is 0.414. The average Bonchev–Trinajstić information content (AvgIpc) is 2.84. The second kappa shape index (κ2) is 9.67. The number of nitriles is 1. The highest BCUT2D eigenvalue weighted by atomic mass is 19.1. The molecular formula is C27H23FN2O4. The molecule has 4 rings (SSSR count). The SMILES string of the molecule is CCc1ccc(OC(C)C(=O)Oc2ccc3c(c2)OC(N)=C(C#N)C3c2ccccc2F)cc1. The number of hydrogen-bond donors (Lipinski definition) is 1. The molecule has 2 atom stereocenters. The number of esters is 1. The van der Waals surface area contributed by atoms with E-state index in [4.69, 9.17) is 19.9 Å². The fraction of sp³-hybridized carbons (Fsp3) is 0.185. The Morgan fingerprint density at radius 1 is 1.12 bits per heavy atom. The summed E-state index contributed by atoms with van der Waals surface area (Å²) in [5, 5.41) is 9.62. The Morgan fingerprint density at radius 2 is 1.82 bits per heavy atom. The molecule has 2 N–H and O–H groups in total. The van der Waals surface area contributed by atoms with Gasteiger partial charge in [0.25, 0.3) is 0 Å². The molecule has 0 spiro atoms. The van der Waals surface area contributed by atoms with Crippen molar-refractivity contribution in [3.05, 3.63) is 101 Å². The number of carbonyl (C=O) groups is 1. The minimum Gasteiger partial charge on any atom is -0.479 e. The number of halogens is 1. The van der Waals surface area contributed by atoms with Gasteiger partial charge in [-0.2, -0.15) is 5.26 Å². The predicted octanol–water partition coefficient (Wildman–Crippen LogP) is 4.98. The van der Waals surface area contributed by atoms with Gasteiger partial charge in [-0.15, -0.1) is 0 Å². The van der Waals surface area contributed by atoms with Crippen LogP contribution in [0.2, 0.25) is 0 Å². The van der Waals surface area contributed by atoms with E-state index in [0.29, 0.717) is 16.9 Å². The maximum absolute atomic E-state index is 14.6. The van der Waals surface area contributed by atoms with E-state index >= 15 is 0 Å². The highest BCUT2D eigenvalue weighted by Gasteiger charge is 2.32. The van der Waals surface area contributed by atoms with Crippen molar-refractivity contribution in [1.29, 1.82) is 5.26 Å². The first kappa shape index (κ1) is 22.9. The van der Waals surface area contributed by atoms with Crippen LogP contribution in [-0.2, 0) is 11.2 Å². The van der Waals surface area contributed by atoms with Gasteiger partial charge in [-0.3, -0.25) is 0 Å². The van der Waals surface area contributed by atoms with Crippen molar-refractivity contribution in [3.8, 4) is 23.3 Å². The average molecular weight is 458 g/mol. The maximum atomic E-state index is 14.6. The van der Waals surface area contributed by atoms with Crippen LogP contribution < -0.4 is 19.9 Å². The predicted molar refractivity (Wildman–Crippen MR) is 124 cm³/mol. The van der Waals surface area contributed by atoms with Crippen molar-refractivity contribution in [1.82, 2.24) is 0 Å². The van der Waals surface area contributed by atoms with Crippen molar-refractivity contribution >= 4 is 5.97 Å². The summed E-state index contributed by atoms with van der Waals surface area (Å²) in [5.41, 5.74) is 8.08. The topological polar surface area (TPSA) is 94.6 Å². The van der Waals surface area contributed by atoms with Gasteiger partial charge < -0.3 is 19.9 Å². The molecule has 1 heterocycles. The standard InChI is InChI=1S/C27H23FN2O4/c1-3-17-8-10-18(11-9-17)32-16(2)27(31)33-19-12-13-21-24(14-19)34-26(30)22(15-29)25(21)20-6-4-5-7-23(20)28/h4-14,16,25H,3,30H2,1-2H3. The van der Waals surface area contributed by atoms with E-state index in [0.717, 1.165) is 6.42 Å². The molecule has 34 heavy (non-hydrogen) atoms. The van der Waals surface area contributed by atoms with E-state index in [1.54, 1.807) is 49.4 Å². The Kier molecular flexibility index (Phi) is 6.51. The summed E-state index contributed by atoms with van der Waals surface area (Å²) in [6, 6.07) is 20.4. The summed E-state index contributed by atoms with van der Waals surface area (Å²) in [6.45, 7) is 3.65. The number of nitrogens with two attached hydrogens (primary N) is 1. The highest BCUT2D eigenvalue weighted by molar-refractivity contribution is 5.77. The van der Waals surface area contributed by atoms with Gasteiger partial charge in [0.2, 0.25) is 5.88 Å². The van der Waals surface area contributed by atoms with Gasteiger partial charge in [0, 0.05) is 17.2 Å². The molecule has 1 aliphatic heterocycles. The number of rotatable bonds is 6. The van der Waals surface area contributed by atoms with Crippen LogP contribution in [0, 0.1) is 17.1 Å². The van der Waals surface area contributed by atoms with E-state index < -0.39 is 23.8 Å². The molecule has 0 saturated carbocycles. The lowest BCUT2D eigenvalue weighted by Crippen LogP contribution is -2.28. The van der Waals surface area contributed by atoms with E-state index in [2.05, 4.69) is 6.92 Å². The van der Waals surface area contributed by atoms with Crippen molar-refractivity contribution in [2.45, 2.75) is 32.3 Å². The molecule has 0 bridgehead atoms. The van der Waals surface area contributed by atoms with Gasteiger partial charge in [0.05, 0.1) is 5.92 Å². The highest BCUT2D eigenvalue weighted by Crippen LogP contribution is 2.44. The Hall–Kier alpha value is -4.31. The second-order valence-corrected chi connectivity index (χ2v) is 7.82. The van der Waals surface area contributed by atoms with Crippen molar-refractivity contribution in [2.24, 2.45) is 5.73 Å². The summed E-state index contributed by atoms with van der Waals surface area (Å²) >= 11 is 0. The second-order valence-electron chi connectivity index (χ2n) is 7.82. The summed E-state index contributed by atoms with van der Waals surface area (Å²) < 4.78 is 31.3. The molecule has 2 unspecified atom stereocenters. The number of allylic oxidation sites excluding steroid dienone is 1. The van der Waals surface area contributed by atoms with Gasteiger partial charge >= 0.3 is 5.97 Å². The van der Waals surface area contributed by atoms with Gasteiger partial charge in [-0.25, -0.2) is 9.18 Å². The monoisotopic (exact) mass is 458 g/mol. The van der Waals surface area contributed by atoms with Crippen LogP contribution in [0.4, 0.5) is 4.39 Å². The summed E-state index contributed by atoms with van der Waals surface area (Å²) in [4.78, 5) is 12.6. The lowest BCUT2D eigenvalue weighted by atomic mass is 9.83. The third-order valence-corrected chi connectivity index (χ3v) is 5.60. The van der Waals surface area contributed by atoms with Crippen LogP contribution in [0.15, 0.2) is 78.2 Å². The molecule has 3 aromatic rings. The first-order chi connectivity index (χ1) is 16.4. The Bertz CT molecular complexity index is 1290. The Labute approximate surface area is 197 Å². The normalized spacial score (nSPS) is 15.5. The number of nitrogens with zero attached hydrogens (tertiary/aromatic N) is 1. The van der Waals surface area contributed by atoms with E-state index in [1.165, 1.54) is 17.7 Å². The van der Waals surface area contributed by atoms with Crippen molar-refractivity contribution < 1.29 is 23.4 Å². The van der Waals surface area contributed by atoms with Crippen LogP contribution in [-0.4, -0.2) is 12.1 Å². The third-order valence-electron chi connectivity index (χ3n) is 5.60. The molecule has 1 aliphatic rings. The van der Waals surface area contributed by atoms with Crippen LogP contribution in [0.25, 0.3) is 0 Å². The first-order valence-corrected chi connectivity index (χ1v) is 10.8. The number of carbonyl (C=O) groups excluding carboxylic acids is 1. The smallest absolute Gasteiger partial charge is 0.352 e. The van der Waals surface area contributed by atoms with Crippen LogP contribution in [0.1, 0.15) is 36.5 Å². The zero-order valence-electron chi connectivity index (χ0n) is 18.7. The minimum absolute atomic E-state index is 0.110. The van der Waals surface area contributed by atoms with Gasteiger partial charge in [0.15, 0.2) is 6.10 Å². The number of hydrogen-bond acceptors (Lipinski definition) is 6. The van der Waals surface area contributed by atoms with Crippen molar-refractivity contribution in [2.75, 3.05) is 0 Å². The lowest BCUT2D eigenvalue weighted by Gasteiger charge is -2.27. The minimum atomic E-state index is -0.856. The molecule has 6 nitrogen and oxygen atoms in total. The van der Waals surface area contributed by atoms with Crippen molar-refractivity contribution in [3.63, 3.8) is 0 Å². The van der Waals surface area contributed by atoms with Gasteiger partial charge in [-0.05, 0) is 43.2 Å². The van der Waals surface area contributed by atoms with Gasteiger partial charge in [0.1, 0.15) is 34.7 Å². The summed E-state index contributed by atoms with van der Waals surface area (Å²) in [6.07, 6.45) is 0.0526. The zero-order chi connectivity index (χ0) is 24.2. The van der Waals surface area contributed by atoms with E-state index in [9.17, 15) is 14.4 Å². The van der Waals surface area contributed by atoms with E-state index in [1.807, 2.05) is 18.2 Å². The molecule has 0 saturated heterocycles. The largest absolute Gasteiger partial charge is 0.479 e. The molecule has 172 valence electrons. The molecule has 0 aliphatic carbocycles. The molecule has 0 radical (unpaired) electrons.